The third-order valence-corrected chi connectivity index (χ3v) is 3.87. The van der Waals surface area contributed by atoms with Crippen LogP contribution in [0.25, 0.3) is 0 Å². The topological polar surface area (TPSA) is 42.0 Å². The molecule has 1 heterocycles. The Morgan fingerprint density at radius 1 is 1.40 bits per heavy atom. The summed E-state index contributed by atoms with van der Waals surface area (Å²) < 4.78 is 0. The quantitative estimate of drug-likeness (QED) is 0.914. The van der Waals surface area contributed by atoms with Crippen molar-refractivity contribution in [1.29, 1.82) is 0 Å². The molecule has 0 unspecified atom stereocenters. The summed E-state index contributed by atoms with van der Waals surface area (Å²) in [6.45, 7) is 5.63. The van der Waals surface area contributed by atoms with Crippen LogP contribution < -0.4 is 5.32 Å². The van der Waals surface area contributed by atoms with E-state index in [-0.39, 0.29) is 5.91 Å². The molecule has 3 nitrogen and oxygen atoms in total. The van der Waals surface area contributed by atoms with Gasteiger partial charge in [0.25, 0.3) is 0 Å². The molecule has 0 atom stereocenters. The van der Waals surface area contributed by atoms with Crippen molar-refractivity contribution in [3.63, 3.8) is 0 Å². The van der Waals surface area contributed by atoms with Gasteiger partial charge in [-0.2, -0.15) is 0 Å². The zero-order valence-electron chi connectivity index (χ0n) is 11.7. The number of carbonyl (C=O) groups is 1. The molecule has 0 spiro atoms. The normalized spacial score (nSPS) is 11.4. The first-order valence-corrected chi connectivity index (χ1v) is 7.54. The van der Waals surface area contributed by atoms with Crippen LogP contribution in [0, 0.1) is 5.41 Å². The molecule has 0 saturated heterocycles. The predicted octanol–water partition coefficient (Wildman–Crippen LogP) is 4.37. The monoisotopic (exact) mass is 308 g/mol. The second-order valence-corrected chi connectivity index (χ2v) is 7.19. The third kappa shape index (κ3) is 4.05. The lowest BCUT2D eigenvalue weighted by molar-refractivity contribution is -0.123. The van der Waals surface area contributed by atoms with Gasteiger partial charge >= 0.3 is 0 Å². The SMILES string of the molecule is CC(C)(C)C(=O)Nc1ncc(Cc2cccc(Cl)c2)s1. The van der Waals surface area contributed by atoms with Crippen LogP contribution >= 0.6 is 22.9 Å². The van der Waals surface area contributed by atoms with Crippen LogP contribution in [-0.2, 0) is 11.2 Å². The van der Waals surface area contributed by atoms with Gasteiger partial charge in [-0.3, -0.25) is 4.79 Å². The van der Waals surface area contributed by atoms with Gasteiger partial charge < -0.3 is 5.32 Å². The number of hydrogen-bond acceptors (Lipinski definition) is 3. The zero-order chi connectivity index (χ0) is 14.8. The maximum Gasteiger partial charge on any atom is 0.231 e. The van der Waals surface area contributed by atoms with E-state index in [0.717, 1.165) is 21.9 Å². The summed E-state index contributed by atoms with van der Waals surface area (Å²) in [6.07, 6.45) is 2.56. The largest absolute Gasteiger partial charge is 0.302 e. The molecule has 0 aliphatic carbocycles. The number of rotatable bonds is 3. The molecule has 1 amide bonds. The summed E-state index contributed by atoms with van der Waals surface area (Å²) in [5, 5.41) is 4.21. The van der Waals surface area contributed by atoms with Crippen molar-refractivity contribution < 1.29 is 4.79 Å². The molecule has 1 N–H and O–H groups in total. The number of benzene rings is 1. The van der Waals surface area contributed by atoms with E-state index in [4.69, 9.17) is 11.6 Å². The van der Waals surface area contributed by atoms with E-state index >= 15 is 0 Å². The van der Waals surface area contributed by atoms with E-state index in [1.54, 1.807) is 6.20 Å². The van der Waals surface area contributed by atoms with E-state index in [9.17, 15) is 4.79 Å². The molecule has 2 rings (SSSR count). The van der Waals surface area contributed by atoms with Gasteiger partial charge in [-0.1, -0.05) is 44.5 Å². The van der Waals surface area contributed by atoms with Crippen molar-refractivity contribution in [3.05, 3.63) is 45.9 Å². The molecule has 1 aromatic heterocycles. The number of amides is 1. The highest BCUT2D eigenvalue weighted by atomic mass is 35.5. The minimum absolute atomic E-state index is 0.0267. The van der Waals surface area contributed by atoms with Crippen LogP contribution in [0.5, 0.6) is 0 Å². The molecular formula is C15H17ClN2OS. The number of thiazole rings is 1. The maximum atomic E-state index is 11.9. The predicted molar refractivity (Wildman–Crippen MR) is 84.5 cm³/mol. The molecule has 20 heavy (non-hydrogen) atoms. The second-order valence-electron chi connectivity index (χ2n) is 5.64. The molecule has 0 bridgehead atoms. The fourth-order valence-electron chi connectivity index (χ4n) is 1.58. The molecule has 1 aromatic carbocycles. The summed E-state index contributed by atoms with van der Waals surface area (Å²) in [6, 6.07) is 7.75. The average molecular weight is 309 g/mol. The smallest absolute Gasteiger partial charge is 0.231 e. The lowest BCUT2D eigenvalue weighted by Gasteiger charge is -2.15. The maximum absolute atomic E-state index is 11.9. The number of anilines is 1. The van der Waals surface area contributed by atoms with E-state index in [1.165, 1.54) is 11.3 Å². The molecular weight excluding hydrogens is 292 g/mol. The van der Waals surface area contributed by atoms with Gasteiger partial charge in [0.1, 0.15) is 0 Å². The number of hydrogen-bond donors (Lipinski definition) is 1. The molecule has 0 saturated carbocycles. The standard InChI is InChI=1S/C15H17ClN2OS/c1-15(2,3)13(19)18-14-17-9-12(20-14)8-10-5-4-6-11(16)7-10/h4-7,9H,8H2,1-3H3,(H,17,18,19). The third-order valence-electron chi connectivity index (χ3n) is 2.72. The van der Waals surface area contributed by atoms with Gasteiger partial charge in [0.15, 0.2) is 5.13 Å². The number of aromatic nitrogens is 1. The van der Waals surface area contributed by atoms with Crippen molar-refractivity contribution in [1.82, 2.24) is 4.98 Å². The van der Waals surface area contributed by atoms with E-state index in [2.05, 4.69) is 10.3 Å². The average Bonchev–Trinajstić information content (AvgIpc) is 2.75. The van der Waals surface area contributed by atoms with Gasteiger partial charge in [0.2, 0.25) is 5.91 Å². The summed E-state index contributed by atoms with van der Waals surface area (Å²) in [7, 11) is 0. The van der Waals surface area contributed by atoms with Crippen LogP contribution in [0.1, 0.15) is 31.2 Å². The Kier molecular flexibility index (Phi) is 4.45. The van der Waals surface area contributed by atoms with Crippen molar-refractivity contribution in [2.45, 2.75) is 27.2 Å². The van der Waals surface area contributed by atoms with Crippen LogP contribution in [0.2, 0.25) is 5.02 Å². The first kappa shape index (κ1) is 15.0. The Morgan fingerprint density at radius 3 is 2.80 bits per heavy atom. The van der Waals surface area contributed by atoms with Gasteiger partial charge in [-0.15, -0.1) is 11.3 Å². The van der Waals surface area contributed by atoms with Gasteiger partial charge in [-0.25, -0.2) is 4.98 Å². The molecule has 0 fully saturated rings. The van der Waals surface area contributed by atoms with E-state index < -0.39 is 5.41 Å². The summed E-state index contributed by atoms with van der Waals surface area (Å²) in [4.78, 5) is 17.2. The Labute approximate surface area is 128 Å². The molecule has 0 aliphatic heterocycles. The number of carbonyl (C=O) groups excluding carboxylic acids is 1. The minimum atomic E-state index is -0.418. The van der Waals surface area contributed by atoms with Gasteiger partial charge in [0.05, 0.1) is 0 Å². The molecule has 2 aromatic rings. The lowest BCUT2D eigenvalue weighted by Crippen LogP contribution is -2.27. The van der Waals surface area contributed by atoms with Crippen LogP contribution in [0.15, 0.2) is 30.5 Å². The van der Waals surface area contributed by atoms with Gasteiger partial charge in [-0.05, 0) is 17.7 Å². The van der Waals surface area contributed by atoms with Crippen molar-refractivity contribution >= 4 is 34.0 Å². The first-order valence-electron chi connectivity index (χ1n) is 6.35. The second kappa shape index (κ2) is 5.94. The lowest BCUT2D eigenvalue weighted by atomic mass is 9.96. The summed E-state index contributed by atoms with van der Waals surface area (Å²) in [5.41, 5.74) is 0.716. The molecule has 0 radical (unpaired) electrons. The van der Waals surface area contributed by atoms with Crippen molar-refractivity contribution in [2.75, 3.05) is 5.32 Å². The van der Waals surface area contributed by atoms with E-state index in [0.29, 0.717) is 5.13 Å². The first-order chi connectivity index (χ1) is 9.34. The highest BCUT2D eigenvalue weighted by molar-refractivity contribution is 7.15. The molecule has 106 valence electrons. The number of nitrogens with one attached hydrogen (secondary N) is 1. The fraction of sp³-hybridized carbons (Fsp3) is 0.333. The summed E-state index contributed by atoms with van der Waals surface area (Å²) in [5.74, 6) is -0.0267. The van der Waals surface area contributed by atoms with Crippen LogP contribution in [0.3, 0.4) is 0 Å². The molecule has 5 heteroatoms. The Bertz CT molecular complexity index is 616. The van der Waals surface area contributed by atoms with Crippen molar-refractivity contribution in [2.24, 2.45) is 5.41 Å². The fourth-order valence-corrected chi connectivity index (χ4v) is 2.63. The number of nitrogens with zero attached hydrogens (tertiary/aromatic N) is 1. The number of halogens is 1. The van der Waals surface area contributed by atoms with Crippen molar-refractivity contribution in [3.8, 4) is 0 Å². The zero-order valence-corrected chi connectivity index (χ0v) is 13.3. The van der Waals surface area contributed by atoms with E-state index in [1.807, 2.05) is 45.0 Å². The Balaban J connectivity index is 2.04. The Morgan fingerprint density at radius 2 is 2.15 bits per heavy atom. The Hall–Kier alpha value is -1.39. The molecule has 0 aliphatic rings. The summed E-state index contributed by atoms with van der Waals surface area (Å²) >= 11 is 7.46. The highest BCUT2D eigenvalue weighted by Crippen LogP contribution is 2.24. The minimum Gasteiger partial charge on any atom is -0.302 e. The van der Waals surface area contributed by atoms with Crippen LogP contribution in [0.4, 0.5) is 5.13 Å². The van der Waals surface area contributed by atoms with Crippen LogP contribution in [-0.4, -0.2) is 10.9 Å². The highest BCUT2D eigenvalue weighted by Gasteiger charge is 2.22. The van der Waals surface area contributed by atoms with Gasteiger partial charge in [0, 0.05) is 27.9 Å².